The highest BCUT2D eigenvalue weighted by atomic mass is 16.2. The Balaban J connectivity index is 1.94. The Bertz CT molecular complexity index is 424. The standard InChI is InChI=1S/C10H10N4O/c15-10(12-14-7-6-11-13-14)8-9-4-2-1-3-5-9/h1-7H,8H2,(H,12,15). The molecule has 0 radical (unpaired) electrons. The van der Waals surface area contributed by atoms with Crippen molar-refractivity contribution in [3.8, 4) is 0 Å². The molecular weight excluding hydrogens is 192 g/mol. The van der Waals surface area contributed by atoms with Crippen LogP contribution >= 0.6 is 0 Å². The molecule has 0 spiro atoms. The fourth-order valence-corrected chi connectivity index (χ4v) is 1.22. The highest BCUT2D eigenvalue weighted by Crippen LogP contribution is 1.99. The van der Waals surface area contributed by atoms with Crippen LogP contribution in [0.4, 0.5) is 0 Å². The Labute approximate surface area is 86.7 Å². The first-order valence-corrected chi connectivity index (χ1v) is 4.55. The number of carbonyl (C=O) groups is 1. The van der Waals surface area contributed by atoms with Gasteiger partial charge in [-0.3, -0.25) is 4.79 Å². The fourth-order valence-electron chi connectivity index (χ4n) is 1.22. The maximum Gasteiger partial charge on any atom is 0.244 e. The van der Waals surface area contributed by atoms with Crippen LogP contribution < -0.4 is 5.43 Å². The zero-order valence-corrected chi connectivity index (χ0v) is 8.00. The average molecular weight is 202 g/mol. The third-order valence-corrected chi connectivity index (χ3v) is 1.87. The number of rotatable bonds is 3. The summed E-state index contributed by atoms with van der Waals surface area (Å²) in [5.74, 6) is -0.119. The van der Waals surface area contributed by atoms with Gasteiger partial charge in [0, 0.05) is 0 Å². The zero-order chi connectivity index (χ0) is 10.5. The first-order valence-electron chi connectivity index (χ1n) is 4.55. The summed E-state index contributed by atoms with van der Waals surface area (Å²) in [6, 6.07) is 9.52. The third kappa shape index (κ3) is 2.63. The first-order chi connectivity index (χ1) is 7.34. The Hall–Kier alpha value is -2.17. The summed E-state index contributed by atoms with van der Waals surface area (Å²) in [6.07, 6.45) is 3.41. The number of aromatic nitrogens is 3. The minimum absolute atomic E-state index is 0.119. The van der Waals surface area contributed by atoms with Gasteiger partial charge in [0.05, 0.1) is 18.8 Å². The van der Waals surface area contributed by atoms with Gasteiger partial charge < -0.3 is 0 Å². The van der Waals surface area contributed by atoms with E-state index in [1.807, 2.05) is 30.3 Å². The summed E-state index contributed by atoms with van der Waals surface area (Å²) >= 11 is 0. The average Bonchev–Trinajstić information content (AvgIpc) is 2.71. The number of nitrogens with one attached hydrogen (secondary N) is 1. The summed E-state index contributed by atoms with van der Waals surface area (Å²) in [6.45, 7) is 0. The van der Waals surface area contributed by atoms with E-state index in [1.54, 1.807) is 6.20 Å². The van der Waals surface area contributed by atoms with E-state index in [0.717, 1.165) is 5.56 Å². The molecule has 2 rings (SSSR count). The molecule has 1 heterocycles. The maximum absolute atomic E-state index is 11.5. The normalized spacial score (nSPS) is 9.87. The zero-order valence-electron chi connectivity index (χ0n) is 8.00. The van der Waals surface area contributed by atoms with E-state index in [1.165, 1.54) is 11.0 Å². The lowest BCUT2D eigenvalue weighted by atomic mass is 10.1. The summed E-state index contributed by atoms with van der Waals surface area (Å²) in [7, 11) is 0. The smallest absolute Gasteiger partial charge is 0.244 e. The lowest BCUT2D eigenvalue weighted by Crippen LogP contribution is -2.24. The second kappa shape index (κ2) is 4.36. The maximum atomic E-state index is 11.5. The number of benzene rings is 1. The number of nitrogens with zero attached hydrogens (tertiary/aromatic N) is 3. The molecule has 0 aliphatic rings. The van der Waals surface area contributed by atoms with Crippen molar-refractivity contribution in [3.05, 3.63) is 48.3 Å². The van der Waals surface area contributed by atoms with E-state index < -0.39 is 0 Å². The van der Waals surface area contributed by atoms with E-state index in [-0.39, 0.29) is 5.91 Å². The molecule has 0 saturated heterocycles. The van der Waals surface area contributed by atoms with E-state index in [9.17, 15) is 4.79 Å². The predicted molar refractivity (Wildman–Crippen MR) is 54.5 cm³/mol. The van der Waals surface area contributed by atoms with Crippen LogP contribution in [0, 0.1) is 0 Å². The molecule has 5 heteroatoms. The molecule has 1 aromatic carbocycles. The molecule has 76 valence electrons. The summed E-state index contributed by atoms with van der Waals surface area (Å²) in [4.78, 5) is 12.8. The molecule has 0 fully saturated rings. The molecule has 2 aromatic rings. The summed E-state index contributed by atoms with van der Waals surface area (Å²) < 4.78 is 0. The van der Waals surface area contributed by atoms with E-state index in [4.69, 9.17) is 0 Å². The highest BCUT2D eigenvalue weighted by molar-refractivity contribution is 5.85. The molecule has 0 aliphatic carbocycles. The number of hydrogen-bond acceptors (Lipinski definition) is 3. The Morgan fingerprint density at radius 3 is 2.80 bits per heavy atom. The van der Waals surface area contributed by atoms with Crippen LogP contribution in [0.1, 0.15) is 5.56 Å². The molecule has 0 unspecified atom stereocenters. The number of hydrogen-bond donors (Lipinski definition) is 1. The molecule has 0 saturated carbocycles. The topological polar surface area (TPSA) is 59.8 Å². The van der Waals surface area contributed by atoms with Gasteiger partial charge >= 0.3 is 0 Å². The minimum atomic E-state index is -0.119. The van der Waals surface area contributed by atoms with Gasteiger partial charge in [0.25, 0.3) is 0 Å². The second-order valence-electron chi connectivity index (χ2n) is 3.04. The van der Waals surface area contributed by atoms with Gasteiger partial charge in [-0.15, -0.1) is 5.10 Å². The van der Waals surface area contributed by atoms with Crippen molar-refractivity contribution in [2.24, 2.45) is 0 Å². The van der Waals surface area contributed by atoms with Gasteiger partial charge in [-0.1, -0.05) is 30.3 Å². The summed E-state index contributed by atoms with van der Waals surface area (Å²) in [5, 5.41) is 7.21. The van der Waals surface area contributed by atoms with Crippen molar-refractivity contribution in [2.45, 2.75) is 6.42 Å². The lowest BCUT2D eigenvalue weighted by Gasteiger charge is -2.03. The number of amides is 1. The molecule has 1 amide bonds. The van der Waals surface area contributed by atoms with E-state index in [0.29, 0.717) is 6.42 Å². The van der Waals surface area contributed by atoms with Crippen molar-refractivity contribution in [1.82, 2.24) is 15.1 Å². The first kappa shape index (κ1) is 9.39. The molecule has 0 aliphatic heterocycles. The molecule has 1 N–H and O–H groups in total. The lowest BCUT2D eigenvalue weighted by molar-refractivity contribution is -0.116. The van der Waals surface area contributed by atoms with Gasteiger partial charge in [-0.2, -0.15) is 4.79 Å². The molecule has 0 atom stereocenters. The SMILES string of the molecule is O=C(Cc1ccccc1)Nn1ccnn1. The molecule has 5 nitrogen and oxygen atoms in total. The van der Waals surface area contributed by atoms with E-state index in [2.05, 4.69) is 15.7 Å². The quantitative estimate of drug-likeness (QED) is 0.792. The van der Waals surface area contributed by atoms with Crippen LogP contribution in [0.3, 0.4) is 0 Å². The molecule has 0 bridgehead atoms. The van der Waals surface area contributed by atoms with Crippen LogP contribution in [-0.4, -0.2) is 21.0 Å². The van der Waals surface area contributed by atoms with Crippen molar-refractivity contribution in [1.29, 1.82) is 0 Å². The van der Waals surface area contributed by atoms with Gasteiger partial charge in [0.15, 0.2) is 0 Å². The van der Waals surface area contributed by atoms with Crippen molar-refractivity contribution in [3.63, 3.8) is 0 Å². The predicted octanol–water partition coefficient (Wildman–Crippen LogP) is 0.591. The Morgan fingerprint density at radius 1 is 1.33 bits per heavy atom. The van der Waals surface area contributed by atoms with Crippen LogP contribution in [0.15, 0.2) is 42.7 Å². The van der Waals surface area contributed by atoms with Crippen molar-refractivity contribution in [2.75, 3.05) is 5.43 Å². The molecular formula is C10H10N4O. The Morgan fingerprint density at radius 2 is 2.13 bits per heavy atom. The van der Waals surface area contributed by atoms with Crippen LogP contribution in [0.25, 0.3) is 0 Å². The highest BCUT2D eigenvalue weighted by Gasteiger charge is 2.02. The number of carbonyl (C=O) groups excluding carboxylic acids is 1. The minimum Gasteiger partial charge on any atom is -0.273 e. The van der Waals surface area contributed by atoms with Crippen LogP contribution in [0.5, 0.6) is 0 Å². The molecule has 15 heavy (non-hydrogen) atoms. The van der Waals surface area contributed by atoms with Gasteiger partial charge in [0.2, 0.25) is 5.91 Å². The van der Waals surface area contributed by atoms with Crippen LogP contribution in [0.2, 0.25) is 0 Å². The summed E-state index contributed by atoms with van der Waals surface area (Å²) in [5.41, 5.74) is 3.54. The van der Waals surface area contributed by atoms with Gasteiger partial charge in [-0.25, -0.2) is 5.43 Å². The largest absolute Gasteiger partial charge is 0.273 e. The third-order valence-electron chi connectivity index (χ3n) is 1.87. The van der Waals surface area contributed by atoms with Gasteiger partial charge in [0.1, 0.15) is 0 Å². The second-order valence-corrected chi connectivity index (χ2v) is 3.04. The van der Waals surface area contributed by atoms with Crippen molar-refractivity contribution < 1.29 is 4.79 Å². The fraction of sp³-hybridized carbons (Fsp3) is 0.100. The van der Waals surface area contributed by atoms with E-state index >= 15 is 0 Å². The van der Waals surface area contributed by atoms with Crippen molar-refractivity contribution >= 4 is 5.91 Å². The Kier molecular flexibility index (Phi) is 2.73. The monoisotopic (exact) mass is 202 g/mol. The van der Waals surface area contributed by atoms with Gasteiger partial charge in [-0.05, 0) is 10.8 Å². The van der Waals surface area contributed by atoms with Crippen LogP contribution in [-0.2, 0) is 11.2 Å². The molecule has 1 aromatic heterocycles.